The summed E-state index contributed by atoms with van der Waals surface area (Å²) < 4.78 is 11.6. The zero-order valence-electron chi connectivity index (χ0n) is 17.1. The number of hydrogen-bond donors (Lipinski definition) is 1. The molecule has 2 aliphatic rings. The van der Waals surface area contributed by atoms with Gasteiger partial charge in [0.25, 0.3) is 5.91 Å². The summed E-state index contributed by atoms with van der Waals surface area (Å²) in [5.74, 6) is 1.16. The first-order valence-corrected chi connectivity index (χ1v) is 10.5. The molecule has 6 nitrogen and oxygen atoms in total. The Kier molecular flexibility index (Phi) is 5.69. The molecule has 0 radical (unpaired) electrons. The largest absolute Gasteiger partial charge is 0.440 e. The summed E-state index contributed by atoms with van der Waals surface area (Å²) in [6, 6.07) is 5.97. The summed E-state index contributed by atoms with van der Waals surface area (Å²) in [5.41, 5.74) is 2.14. The second-order valence-corrected chi connectivity index (χ2v) is 8.47. The molecule has 1 N–H and O–H groups in total. The molecule has 152 valence electrons. The molecule has 1 saturated heterocycles. The molecule has 1 aromatic carbocycles. The first-order valence-electron chi connectivity index (χ1n) is 10.5. The second kappa shape index (κ2) is 8.21. The minimum Gasteiger partial charge on any atom is -0.440 e. The van der Waals surface area contributed by atoms with Crippen LogP contribution in [0.4, 0.5) is 0 Å². The summed E-state index contributed by atoms with van der Waals surface area (Å²) in [5, 5.41) is 3.15. The number of oxazole rings is 1. The lowest BCUT2D eigenvalue weighted by atomic mass is 9.89. The third kappa shape index (κ3) is 3.94. The van der Waals surface area contributed by atoms with E-state index in [2.05, 4.69) is 29.0 Å². The standard InChI is InChI=1S/C22H31N3O3/c1-14(2)25-12-18(20(13-25)27-3)23-21(26)16-9-10-17-19(11-16)28-22(24-17)15-7-5-4-6-8-15/h9-11,14-15,18,20H,4-8,12-13H2,1-3H3,(H,23,26)/t18-,20-/m0/s1. The number of likely N-dealkylation sites (tertiary alicyclic amines) is 1. The predicted octanol–water partition coefficient (Wildman–Crippen LogP) is 3.71. The highest BCUT2D eigenvalue weighted by Gasteiger charge is 2.35. The van der Waals surface area contributed by atoms with E-state index < -0.39 is 0 Å². The van der Waals surface area contributed by atoms with Crippen LogP contribution in [0.2, 0.25) is 0 Å². The number of methoxy groups -OCH3 is 1. The molecule has 1 aliphatic heterocycles. The fourth-order valence-corrected chi connectivity index (χ4v) is 4.46. The van der Waals surface area contributed by atoms with Crippen molar-refractivity contribution in [1.29, 1.82) is 0 Å². The Labute approximate surface area is 166 Å². The van der Waals surface area contributed by atoms with Gasteiger partial charge in [0.2, 0.25) is 0 Å². The lowest BCUT2D eigenvalue weighted by molar-refractivity contribution is 0.0753. The number of carbonyl (C=O) groups is 1. The number of ether oxygens (including phenoxy) is 1. The maximum absolute atomic E-state index is 12.8. The van der Waals surface area contributed by atoms with Crippen LogP contribution in [-0.2, 0) is 4.74 Å². The number of amides is 1. The number of carbonyl (C=O) groups excluding carboxylic acids is 1. The van der Waals surface area contributed by atoms with Crippen molar-refractivity contribution in [2.45, 2.75) is 70.1 Å². The quantitative estimate of drug-likeness (QED) is 0.850. The number of hydrogen-bond acceptors (Lipinski definition) is 5. The van der Waals surface area contributed by atoms with E-state index in [1.54, 1.807) is 7.11 Å². The van der Waals surface area contributed by atoms with Crippen molar-refractivity contribution in [3.05, 3.63) is 29.7 Å². The van der Waals surface area contributed by atoms with Gasteiger partial charge in [-0.25, -0.2) is 4.98 Å². The van der Waals surface area contributed by atoms with E-state index in [1.165, 1.54) is 19.3 Å². The molecule has 2 atom stereocenters. The predicted molar refractivity (Wildman–Crippen MR) is 109 cm³/mol. The molecule has 2 fully saturated rings. The highest BCUT2D eigenvalue weighted by molar-refractivity contribution is 5.97. The highest BCUT2D eigenvalue weighted by atomic mass is 16.5. The van der Waals surface area contributed by atoms with E-state index in [1.807, 2.05) is 18.2 Å². The monoisotopic (exact) mass is 385 g/mol. The zero-order chi connectivity index (χ0) is 19.7. The Morgan fingerprint density at radius 3 is 2.75 bits per heavy atom. The van der Waals surface area contributed by atoms with Gasteiger partial charge in [0, 0.05) is 37.7 Å². The van der Waals surface area contributed by atoms with E-state index in [4.69, 9.17) is 9.15 Å². The molecule has 2 heterocycles. The van der Waals surface area contributed by atoms with Crippen LogP contribution in [0.3, 0.4) is 0 Å². The van der Waals surface area contributed by atoms with E-state index in [9.17, 15) is 4.79 Å². The lowest BCUT2D eigenvalue weighted by Crippen LogP contribution is -2.43. The first kappa shape index (κ1) is 19.4. The van der Waals surface area contributed by atoms with Crippen molar-refractivity contribution in [1.82, 2.24) is 15.2 Å². The molecule has 0 unspecified atom stereocenters. The Morgan fingerprint density at radius 1 is 1.25 bits per heavy atom. The molecule has 28 heavy (non-hydrogen) atoms. The van der Waals surface area contributed by atoms with E-state index >= 15 is 0 Å². The van der Waals surface area contributed by atoms with Crippen molar-refractivity contribution in [3.8, 4) is 0 Å². The average molecular weight is 386 g/mol. The van der Waals surface area contributed by atoms with Gasteiger partial charge in [-0.05, 0) is 44.9 Å². The van der Waals surface area contributed by atoms with Crippen molar-refractivity contribution in [3.63, 3.8) is 0 Å². The highest BCUT2D eigenvalue weighted by Crippen LogP contribution is 2.33. The van der Waals surface area contributed by atoms with Crippen LogP contribution in [0.15, 0.2) is 22.6 Å². The number of nitrogens with zero attached hydrogens (tertiary/aromatic N) is 2. The van der Waals surface area contributed by atoms with Crippen LogP contribution < -0.4 is 5.32 Å². The molecule has 2 aromatic rings. The number of benzene rings is 1. The molecule has 1 aromatic heterocycles. The van der Waals surface area contributed by atoms with Crippen molar-refractivity contribution >= 4 is 17.0 Å². The van der Waals surface area contributed by atoms with Crippen LogP contribution in [0.5, 0.6) is 0 Å². The van der Waals surface area contributed by atoms with Crippen LogP contribution in [0, 0.1) is 0 Å². The molecule has 0 bridgehead atoms. The minimum absolute atomic E-state index is 0.0110. The fourth-order valence-electron chi connectivity index (χ4n) is 4.46. The summed E-state index contributed by atoms with van der Waals surface area (Å²) in [4.78, 5) is 19.8. The number of fused-ring (bicyclic) bond motifs is 1. The smallest absolute Gasteiger partial charge is 0.251 e. The maximum atomic E-state index is 12.8. The fraction of sp³-hybridized carbons (Fsp3) is 0.636. The third-order valence-corrected chi connectivity index (χ3v) is 6.27. The maximum Gasteiger partial charge on any atom is 0.251 e. The van der Waals surface area contributed by atoms with Crippen LogP contribution in [-0.4, -0.2) is 54.2 Å². The van der Waals surface area contributed by atoms with Gasteiger partial charge in [-0.15, -0.1) is 0 Å². The van der Waals surface area contributed by atoms with Gasteiger partial charge in [-0.2, -0.15) is 0 Å². The van der Waals surface area contributed by atoms with Crippen LogP contribution in [0.1, 0.15) is 68.1 Å². The van der Waals surface area contributed by atoms with Gasteiger partial charge < -0.3 is 14.5 Å². The molecule has 6 heteroatoms. The Balaban J connectivity index is 1.48. The number of rotatable bonds is 5. The minimum atomic E-state index is -0.0878. The molecular formula is C22H31N3O3. The summed E-state index contributed by atoms with van der Waals surface area (Å²) in [7, 11) is 1.71. The van der Waals surface area contributed by atoms with E-state index in [0.717, 1.165) is 37.3 Å². The molecule has 4 rings (SSSR count). The van der Waals surface area contributed by atoms with Crippen molar-refractivity contribution in [2.75, 3.05) is 20.2 Å². The third-order valence-electron chi connectivity index (χ3n) is 6.27. The normalized spacial score (nSPS) is 24.3. The summed E-state index contributed by atoms with van der Waals surface area (Å²) in [6.07, 6.45) is 6.09. The molecule has 1 aliphatic carbocycles. The Morgan fingerprint density at radius 2 is 2.04 bits per heavy atom. The van der Waals surface area contributed by atoms with Gasteiger partial charge in [-0.3, -0.25) is 9.69 Å². The van der Waals surface area contributed by atoms with Crippen molar-refractivity contribution in [2.24, 2.45) is 0 Å². The Bertz CT molecular complexity index is 826. The SMILES string of the molecule is CO[C@H]1CN(C(C)C)C[C@@H]1NC(=O)c1ccc2nc(C3CCCCC3)oc2c1. The van der Waals surface area contributed by atoms with Gasteiger partial charge in [0.1, 0.15) is 5.52 Å². The van der Waals surface area contributed by atoms with Gasteiger partial charge >= 0.3 is 0 Å². The van der Waals surface area contributed by atoms with Crippen LogP contribution in [0.25, 0.3) is 11.1 Å². The summed E-state index contributed by atoms with van der Waals surface area (Å²) in [6.45, 7) is 5.97. The van der Waals surface area contributed by atoms with Gasteiger partial charge in [0.15, 0.2) is 11.5 Å². The van der Waals surface area contributed by atoms with Gasteiger partial charge in [-0.1, -0.05) is 19.3 Å². The van der Waals surface area contributed by atoms with Gasteiger partial charge in [0.05, 0.1) is 12.1 Å². The second-order valence-electron chi connectivity index (χ2n) is 8.47. The number of aromatic nitrogens is 1. The van der Waals surface area contributed by atoms with E-state index in [0.29, 0.717) is 23.1 Å². The Hall–Kier alpha value is -1.92. The molecule has 0 spiro atoms. The van der Waals surface area contributed by atoms with Crippen LogP contribution >= 0.6 is 0 Å². The topological polar surface area (TPSA) is 67.6 Å². The molecule has 1 amide bonds. The first-order chi connectivity index (χ1) is 13.5. The average Bonchev–Trinajstić information content (AvgIpc) is 3.32. The zero-order valence-corrected chi connectivity index (χ0v) is 17.1. The molecular weight excluding hydrogens is 354 g/mol. The number of nitrogens with one attached hydrogen (secondary N) is 1. The lowest BCUT2D eigenvalue weighted by Gasteiger charge is -2.20. The van der Waals surface area contributed by atoms with Crippen molar-refractivity contribution < 1.29 is 13.9 Å². The van der Waals surface area contributed by atoms with E-state index in [-0.39, 0.29) is 18.1 Å². The summed E-state index contributed by atoms with van der Waals surface area (Å²) >= 11 is 0. The molecule has 1 saturated carbocycles.